The summed E-state index contributed by atoms with van der Waals surface area (Å²) in [5.74, 6) is 1.28. The molecule has 1 saturated heterocycles. The van der Waals surface area contributed by atoms with E-state index >= 15 is 0 Å². The standard InChI is InChI=1S/C23H25N7O/c1-2-4-18(3-1)30-22-17(14-26-30)6-5-16-13-25-23(28-21(16)22)27-20-8-7-19(15-24-20)29-9-11-31-12-10-29/h5-8,13-15,18H,1-4,9-12H2,(H,24,25,27,28). The molecule has 1 aliphatic carbocycles. The van der Waals surface area contributed by atoms with Gasteiger partial charge in [0.2, 0.25) is 5.95 Å². The van der Waals surface area contributed by atoms with E-state index in [-0.39, 0.29) is 0 Å². The summed E-state index contributed by atoms with van der Waals surface area (Å²) in [5.41, 5.74) is 3.14. The molecular weight excluding hydrogens is 390 g/mol. The van der Waals surface area contributed by atoms with Crippen LogP contribution in [-0.4, -0.2) is 51.0 Å². The van der Waals surface area contributed by atoms with Crippen molar-refractivity contribution in [3.05, 3.63) is 42.9 Å². The maximum atomic E-state index is 5.43. The third kappa shape index (κ3) is 3.46. The molecule has 4 aromatic rings. The highest BCUT2D eigenvalue weighted by Gasteiger charge is 2.21. The van der Waals surface area contributed by atoms with Crippen molar-refractivity contribution in [2.45, 2.75) is 31.7 Å². The Morgan fingerprint density at radius 2 is 1.74 bits per heavy atom. The van der Waals surface area contributed by atoms with Crippen LogP contribution in [0.5, 0.6) is 0 Å². The van der Waals surface area contributed by atoms with Crippen molar-refractivity contribution in [2.75, 3.05) is 36.5 Å². The first kappa shape index (κ1) is 18.5. The number of fused-ring (bicyclic) bond motifs is 3. The van der Waals surface area contributed by atoms with Crippen LogP contribution in [0.1, 0.15) is 31.7 Å². The van der Waals surface area contributed by atoms with E-state index in [0.29, 0.717) is 12.0 Å². The third-order valence-corrected chi connectivity index (χ3v) is 6.34. The Morgan fingerprint density at radius 1 is 0.903 bits per heavy atom. The average molecular weight is 416 g/mol. The lowest BCUT2D eigenvalue weighted by molar-refractivity contribution is 0.122. The first-order valence-electron chi connectivity index (χ1n) is 11.0. The highest BCUT2D eigenvalue weighted by atomic mass is 16.5. The molecule has 0 atom stereocenters. The quantitative estimate of drug-likeness (QED) is 0.538. The molecule has 1 aliphatic heterocycles. The lowest BCUT2D eigenvalue weighted by atomic mass is 10.1. The molecule has 4 heterocycles. The predicted molar refractivity (Wildman–Crippen MR) is 121 cm³/mol. The fourth-order valence-electron chi connectivity index (χ4n) is 4.69. The van der Waals surface area contributed by atoms with Crippen LogP contribution in [0.15, 0.2) is 42.9 Å². The number of anilines is 3. The molecule has 1 N–H and O–H groups in total. The van der Waals surface area contributed by atoms with Crippen LogP contribution >= 0.6 is 0 Å². The second-order valence-corrected chi connectivity index (χ2v) is 8.29. The number of aromatic nitrogens is 5. The molecule has 2 fully saturated rings. The van der Waals surface area contributed by atoms with E-state index in [2.05, 4.69) is 43.1 Å². The Kier molecular flexibility index (Phi) is 4.64. The smallest absolute Gasteiger partial charge is 0.228 e. The molecule has 8 nitrogen and oxygen atoms in total. The maximum Gasteiger partial charge on any atom is 0.228 e. The highest BCUT2D eigenvalue weighted by molar-refractivity contribution is 6.03. The van der Waals surface area contributed by atoms with Gasteiger partial charge in [-0.05, 0) is 25.0 Å². The summed E-state index contributed by atoms with van der Waals surface area (Å²) in [7, 11) is 0. The Hall–Kier alpha value is -3.26. The number of nitrogens with one attached hydrogen (secondary N) is 1. The first-order valence-corrected chi connectivity index (χ1v) is 11.0. The molecule has 31 heavy (non-hydrogen) atoms. The fourth-order valence-corrected chi connectivity index (χ4v) is 4.69. The normalized spacial score (nSPS) is 17.6. The van der Waals surface area contributed by atoms with E-state index in [4.69, 9.17) is 14.8 Å². The van der Waals surface area contributed by atoms with E-state index < -0.39 is 0 Å². The van der Waals surface area contributed by atoms with Gasteiger partial charge in [0.15, 0.2) is 0 Å². The zero-order chi connectivity index (χ0) is 20.6. The first-order chi connectivity index (χ1) is 15.3. The van der Waals surface area contributed by atoms with Gasteiger partial charge >= 0.3 is 0 Å². The molecule has 0 spiro atoms. The molecule has 2 aliphatic rings. The summed E-state index contributed by atoms with van der Waals surface area (Å²) >= 11 is 0. The van der Waals surface area contributed by atoms with Gasteiger partial charge in [0.1, 0.15) is 11.3 Å². The average Bonchev–Trinajstić information content (AvgIpc) is 3.50. The molecule has 1 saturated carbocycles. The van der Waals surface area contributed by atoms with Gasteiger partial charge in [0, 0.05) is 30.1 Å². The molecule has 3 aromatic heterocycles. The fraction of sp³-hybridized carbons (Fsp3) is 0.391. The van der Waals surface area contributed by atoms with Crippen molar-refractivity contribution in [2.24, 2.45) is 0 Å². The number of nitrogens with zero attached hydrogens (tertiary/aromatic N) is 6. The number of benzene rings is 1. The molecule has 8 heteroatoms. The third-order valence-electron chi connectivity index (χ3n) is 6.34. The van der Waals surface area contributed by atoms with Gasteiger partial charge in [-0.3, -0.25) is 4.68 Å². The summed E-state index contributed by atoms with van der Waals surface area (Å²) in [6.07, 6.45) is 10.6. The maximum absolute atomic E-state index is 5.43. The van der Waals surface area contributed by atoms with E-state index in [1.54, 1.807) is 0 Å². The molecular formula is C23H25N7O. The largest absolute Gasteiger partial charge is 0.378 e. The number of rotatable bonds is 4. The molecule has 0 bridgehead atoms. The molecule has 6 rings (SSSR count). The zero-order valence-corrected chi connectivity index (χ0v) is 17.4. The van der Waals surface area contributed by atoms with Crippen molar-refractivity contribution in [1.29, 1.82) is 0 Å². The molecule has 1 aromatic carbocycles. The lowest BCUT2D eigenvalue weighted by Crippen LogP contribution is -2.36. The zero-order valence-electron chi connectivity index (χ0n) is 17.4. The lowest BCUT2D eigenvalue weighted by Gasteiger charge is -2.28. The minimum absolute atomic E-state index is 0.462. The van der Waals surface area contributed by atoms with Crippen LogP contribution in [0.3, 0.4) is 0 Å². The number of hydrogen-bond donors (Lipinski definition) is 1. The second-order valence-electron chi connectivity index (χ2n) is 8.29. The summed E-state index contributed by atoms with van der Waals surface area (Å²) < 4.78 is 7.60. The van der Waals surface area contributed by atoms with Crippen LogP contribution in [0.4, 0.5) is 17.5 Å². The van der Waals surface area contributed by atoms with Crippen LogP contribution in [-0.2, 0) is 4.74 Å². The Balaban J connectivity index is 1.31. The number of hydrogen-bond acceptors (Lipinski definition) is 7. The van der Waals surface area contributed by atoms with Crippen molar-refractivity contribution in [1.82, 2.24) is 24.7 Å². The number of ether oxygens (including phenoxy) is 1. The van der Waals surface area contributed by atoms with Crippen LogP contribution < -0.4 is 10.2 Å². The Labute approximate surface area is 180 Å². The molecule has 0 unspecified atom stereocenters. The summed E-state index contributed by atoms with van der Waals surface area (Å²) in [5, 5.41) is 10.1. The van der Waals surface area contributed by atoms with E-state index in [1.807, 2.05) is 24.7 Å². The van der Waals surface area contributed by atoms with E-state index in [9.17, 15) is 0 Å². The minimum atomic E-state index is 0.462. The second kappa shape index (κ2) is 7.77. The monoisotopic (exact) mass is 415 g/mol. The highest BCUT2D eigenvalue weighted by Crippen LogP contribution is 2.34. The molecule has 0 radical (unpaired) electrons. The molecule has 158 valence electrons. The van der Waals surface area contributed by atoms with E-state index in [1.165, 1.54) is 25.7 Å². The van der Waals surface area contributed by atoms with Crippen LogP contribution in [0, 0.1) is 0 Å². The number of pyridine rings is 1. The minimum Gasteiger partial charge on any atom is -0.378 e. The van der Waals surface area contributed by atoms with Gasteiger partial charge < -0.3 is 15.0 Å². The summed E-state index contributed by atoms with van der Waals surface area (Å²) in [6, 6.07) is 8.69. The van der Waals surface area contributed by atoms with Crippen molar-refractivity contribution in [3.63, 3.8) is 0 Å². The van der Waals surface area contributed by atoms with E-state index in [0.717, 1.165) is 59.6 Å². The number of morpholine rings is 1. The van der Waals surface area contributed by atoms with Gasteiger partial charge in [0.25, 0.3) is 0 Å². The van der Waals surface area contributed by atoms with Crippen molar-refractivity contribution < 1.29 is 4.74 Å². The Bertz CT molecular complexity index is 1210. The van der Waals surface area contributed by atoms with Gasteiger partial charge in [-0.25, -0.2) is 15.0 Å². The van der Waals surface area contributed by atoms with Gasteiger partial charge in [-0.2, -0.15) is 5.10 Å². The van der Waals surface area contributed by atoms with Crippen molar-refractivity contribution in [3.8, 4) is 0 Å². The van der Waals surface area contributed by atoms with Crippen molar-refractivity contribution >= 4 is 39.3 Å². The van der Waals surface area contributed by atoms with Gasteiger partial charge in [0.05, 0.1) is 42.9 Å². The van der Waals surface area contributed by atoms with Crippen LogP contribution in [0.25, 0.3) is 21.8 Å². The summed E-state index contributed by atoms with van der Waals surface area (Å²) in [6.45, 7) is 3.31. The topological polar surface area (TPSA) is 81.0 Å². The Morgan fingerprint density at radius 3 is 2.55 bits per heavy atom. The predicted octanol–water partition coefficient (Wildman–Crippen LogP) is 4.07. The SMILES string of the molecule is c1cc(Nc2ncc3ccc4cnn(C5CCCC5)c4c3n2)ncc1N1CCOCC1. The van der Waals surface area contributed by atoms with Gasteiger partial charge in [-0.1, -0.05) is 25.0 Å². The summed E-state index contributed by atoms with van der Waals surface area (Å²) in [4.78, 5) is 16.2. The van der Waals surface area contributed by atoms with Gasteiger partial charge in [-0.15, -0.1) is 0 Å². The molecule has 0 amide bonds. The van der Waals surface area contributed by atoms with Crippen LogP contribution in [0.2, 0.25) is 0 Å².